The summed E-state index contributed by atoms with van der Waals surface area (Å²) in [4.78, 5) is 34.9. The van der Waals surface area contributed by atoms with Crippen LogP contribution in [0.1, 0.15) is 194 Å². The van der Waals surface area contributed by atoms with Crippen LogP contribution in [0.15, 0.2) is 60.8 Å². The average molecular weight is 822 g/mol. The Bertz CT molecular complexity index is 1120. The summed E-state index contributed by atoms with van der Waals surface area (Å²) in [5, 5.41) is 0. The Morgan fingerprint density at radius 1 is 0.544 bits per heavy atom. The van der Waals surface area contributed by atoms with Gasteiger partial charge in [0, 0.05) is 19.4 Å². The molecule has 330 valence electrons. The van der Waals surface area contributed by atoms with Crippen molar-refractivity contribution in [1.29, 1.82) is 0 Å². The zero-order valence-corrected chi connectivity index (χ0v) is 37.2. The van der Waals surface area contributed by atoms with Crippen molar-refractivity contribution >= 4 is 19.8 Å². The van der Waals surface area contributed by atoms with E-state index in [1.807, 2.05) is 6.08 Å². The maximum Gasteiger partial charge on any atom is 0.472 e. The first-order chi connectivity index (χ1) is 27.8. The van der Waals surface area contributed by atoms with E-state index in [2.05, 4.69) is 68.5 Å². The van der Waals surface area contributed by atoms with Gasteiger partial charge in [-0.2, -0.15) is 0 Å². The predicted octanol–water partition coefficient (Wildman–Crippen LogP) is 13.3. The van der Waals surface area contributed by atoms with Gasteiger partial charge < -0.3 is 20.1 Å². The summed E-state index contributed by atoms with van der Waals surface area (Å²) in [6.45, 7) is 3.57. The number of ether oxygens (including phenoxy) is 2. The molecule has 0 aliphatic rings. The molecule has 0 aromatic carbocycles. The van der Waals surface area contributed by atoms with Gasteiger partial charge in [0.1, 0.15) is 6.61 Å². The monoisotopic (exact) mass is 822 g/mol. The second kappa shape index (κ2) is 43.3. The number of allylic oxidation sites excluding steroid dienone is 10. The van der Waals surface area contributed by atoms with E-state index >= 15 is 0 Å². The third-order valence-corrected chi connectivity index (χ3v) is 10.4. The minimum absolute atomic E-state index is 0.0446. The third kappa shape index (κ3) is 43.1. The average Bonchev–Trinajstić information content (AvgIpc) is 3.20. The van der Waals surface area contributed by atoms with Gasteiger partial charge in [-0.05, 0) is 51.4 Å². The molecule has 9 nitrogen and oxygen atoms in total. The fourth-order valence-corrected chi connectivity index (χ4v) is 6.85. The number of hydrogen-bond donors (Lipinski definition) is 2. The van der Waals surface area contributed by atoms with Crippen LogP contribution >= 0.6 is 7.82 Å². The Kier molecular flexibility index (Phi) is 41.6. The van der Waals surface area contributed by atoms with Crippen molar-refractivity contribution in [3.8, 4) is 0 Å². The topological polar surface area (TPSA) is 134 Å². The summed E-state index contributed by atoms with van der Waals surface area (Å²) in [5.41, 5.74) is 5.35. The van der Waals surface area contributed by atoms with Crippen LogP contribution in [0.25, 0.3) is 0 Å². The normalized spacial score (nSPS) is 13.8. The number of rotatable bonds is 42. The molecule has 0 aromatic heterocycles. The van der Waals surface area contributed by atoms with Gasteiger partial charge in [0.05, 0.1) is 13.2 Å². The summed E-state index contributed by atoms with van der Waals surface area (Å²) >= 11 is 0. The van der Waals surface area contributed by atoms with Gasteiger partial charge in [0.2, 0.25) is 0 Å². The molecule has 0 saturated heterocycles. The summed E-state index contributed by atoms with van der Waals surface area (Å²) in [6, 6.07) is 0. The molecule has 57 heavy (non-hydrogen) atoms. The van der Waals surface area contributed by atoms with Crippen molar-refractivity contribution in [2.24, 2.45) is 5.73 Å². The van der Waals surface area contributed by atoms with Crippen LogP contribution in [0.4, 0.5) is 0 Å². The Labute approximate surface area is 349 Å². The highest BCUT2D eigenvalue weighted by Gasteiger charge is 2.26. The zero-order chi connectivity index (χ0) is 41.8. The minimum atomic E-state index is -4.39. The minimum Gasteiger partial charge on any atom is -0.462 e. The molecule has 0 rings (SSSR count). The van der Waals surface area contributed by atoms with Crippen molar-refractivity contribution in [3.05, 3.63) is 60.8 Å². The smallest absolute Gasteiger partial charge is 0.462 e. The van der Waals surface area contributed by atoms with Gasteiger partial charge in [-0.3, -0.25) is 18.6 Å². The predicted molar refractivity (Wildman–Crippen MR) is 238 cm³/mol. The first-order valence-corrected chi connectivity index (χ1v) is 24.3. The lowest BCUT2D eigenvalue weighted by atomic mass is 10.0. The van der Waals surface area contributed by atoms with Gasteiger partial charge in [0.15, 0.2) is 6.10 Å². The molecule has 0 aliphatic heterocycles. The van der Waals surface area contributed by atoms with E-state index in [1.165, 1.54) is 96.3 Å². The molecule has 0 aromatic rings. The molecule has 2 unspecified atom stereocenters. The second-order valence-electron chi connectivity index (χ2n) is 14.9. The largest absolute Gasteiger partial charge is 0.472 e. The van der Waals surface area contributed by atoms with Gasteiger partial charge in [-0.1, -0.05) is 190 Å². The number of unbranched alkanes of at least 4 members (excludes halogenated alkanes) is 19. The lowest BCUT2D eigenvalue weighted by molar-refractivity contribution is -0.161. The SMILES string of the molecule is CCC=CCC=CCC=CCC=CCC=CCCCC(=O)OCC(COP(=O)(O)OCCN)OC(=O)CCCCCCCCCCCCCCCCCCCCC. The molecule has 0 aliphatic carbocycles. The van der Waals surface area contributed by atoms with E-state index in [4.69, 9.17) is 24.3 Å². The highest BCUT2D eigenvalue weighted by Crippen LogP contribution is 2.43. The first-order valence-electron chi connectivity index (χ1n) is 22.8. The molecule has 3 N–H and O–H groups in total. The zero-order valence-electron chi connectivity index (χ0n) is 36.3. The van der Waals surface area contributed by atoms with Crippen molar-refractivity contribution < 1.29 is 37.6 Å². The van der Waals surface area contributed by atoms with E-state index in [0.717, 1.165) is 57.8 Å². The van der Waals surface area contributed by atoms with Gasteiger partial charge in [0.25, 0.3) is 0 Å². The molecular weight excluding hydrogens is 737 g/mol. The fraction of sp³-hybridized carbons (Fsp3) is 0.745. The number of esters is 2. The van der Waals surface area contributed by atoms with Crippen molar-refractivity contribution in [1.82, 2.24) is 0 Å². The number of phosphoric acid groups is 1. The fourth-order valence-electron chi connectivity index (χ4n) is 6.08. The molecule has 2 atom stereocenters. The van der Waals surface area contributed by atoms with E-state index in [0.29, 0.717) is 12.8 Å². The number of phosphoric ester groups is 1. The number of carbonyl (C=O) groups is 2. The van der Waals surface area contributed by atoms with Gasteiger partial charge in [-0.15, -0.1) is 0 Å². The van der Waals surface area contributed by atoms with E-state index < -0.39 is 32.5 Å². The molecule has 0 heterocycles. The molecule has 0 saturated carbocycles. The lowest BCUT2D eigenvalue weighted by Crippen LogP contribution is -2.29. The van der Waals surface area contributed by atoms with Gasteiger partial charge in [-0.25, -0.2) is 4.57 Å². The van der Waals surface area contributed by atoms with Crippen LogP contribution in [0.3, 0.4) is 0 Å². The van der Waals surface area contributed by atoms with Gasteiger partial charge >= 0.3 is 19.8 Å². The molecule has 0 bridgehead atoms. The highest BCUT2D eigenvalue weighted by molar-refractivity contribution is 7.47. The van der Waals surface area contributed by atoms with Crippen LogP contribution in [0.2, 0.25) is 0 Å². The summed E-state index contributed by atoms with van der Waals surface area (Å²) < 4.78 is 32.8. The quantitative estimate of drug-likeness (QED) is 0.0267. The van der Waals surface area contributed by atoms with Crippen LogP contribution < -0.4 is 5.73 Å². The van der Waals surface area contributed by atoms with E-state index in [-0.39, 0.29) is 32.6 Å². The maximum atomic E-state index is 12.6. The Morgan fingerprint density at radius 2 is 0.965 bits per heavy atom. The van der Waals surface area contributed by atoms with E-state index in [1.54, 1.807) is 0 Å². The maximum absolute atomic E-state index is 12.6. The molecular formula is C47H84NO8P. The summed E-state index contributed by atoms with van der Waals surface area (Å²) in [5.74, 6) is -0.894. The first kappa shape index (κ1) is 54.7. The number of hydrogen-bond acceptors (Lipinski definition) is 8. The standard InChI is InChI=1S/C47H84NO8P/c1-3-5-7-9-11-13-15-17-19-21-22-24-26-28-30-32-34-36-38-40-47(50)56-45(44-55-57(51,52)54-42-41-48)43-53-46(49)39-37-35-33-31-29-27-25-23-20-18-16-14-12-10-8-6-4-2/h6,8,12,14,18,20,25,27,31,33,45H,3-5,7,9-11,13,15-17,19,21-24,26,28-30,32,34-44,48H2,1-2H3,(H,51,52). The Morgan fingerprint density at radius 3 is 1.42 bits per heavy atom. The van der Waals surface area contributed by atoms with Crippen molar-refractivity contribution in [3.63, 3.8) is 0 Å². The summed E-state index contributed by atoms with van der Waals surface area (Å²) in [7, 11) is -4.39. The Hall–Kier alpha value is -2.29. The number of nitrogens with two attached hydrogens (primary N) is 1. The highest BCUT2D eigenvalue weighted by atomic mass is 31.2. The van der Waals surface area contributed by atoms with Crippen LogP contribution in [-0.4, -0.2) is 49.3 Å². The number of carbonyl (C=O) groups excluding carboxylic acids is 2. The van der Waals surface area contributed by atoms with Crippen molar-refractivity contribution in [2.45, 2.75) is 200 Å². The Balaban J connectivity index is 4.19. The molecule has 0 radical (unpaired) electrons. The van der Waals surface area contributed by atoms with Crippen LogP contribution in [0, 0.1) is 0 Å². The third-order valence-electron chi connectivity index (χ3n) is 9.42. The van der Waals surface area contributed by atoms with Crippen molar-refractivity contribution in [2.75, 3.05) is 26.4 Å². The molecule has 0 fully saturated rings. The second-order valence-corrected chi connectivity index (χ2v) is 16.3. The molecule has 0 spiro atoms. The van der Waals surface area contributed by atoms with E-state index in [9.17, 15) is 19.0 Å². The summed E-state index contributed by atoms with van der Waals surface area (Å²) in [6.07, 6.45) is 51.2. The molecule has 0 amide bonds. The van der Waals surface area contributed by atoms with Crippen LogP contribution in [-0.2, 0) is 32.7 Å². The molecule has 10 heteroatoms. The van der Waals surface area contributed by atoms with Crippen LogP contribution in [0.5, 0.6) is 0 Å². The lowest BCUT2D eigenvalue weighted by Gasteiger charge is -2.19.